The standard InChI is InChI=1S/C25H25ClN2O4S/c26-22-9-11-23(12-10-22)33(31,32)28-18-13-19-5-7-20(8-6-19)24(3-1-2-4-25(29)30)21-14-16-27-17-15-21/h3,5-12,14-17,28H,1-2,4,13,18H2,(H,29,30)/b24-3-. The summed E-state index contributed by atoms with van der Waals surface area (Å²) in [7, 11) is -3.59. The van der Waals surface area contributed by atoms with E-state index in [0.717, 1.165) is 22.3 Å². The number of nitrogens with one attached hydrogen (secondary N) is 1. The molecule has 0 unspecified atom stereocenters. The Morgan fingerprint density at radius 2 is 1.61 bits per heavy atom. The Hall–Kier alpha value is -3.00. The molecule has 2 N–H and O–H groups in total. The molecule has 6 nitrogen and oxygen atoms in total. The molecule has 0 saturated heterocycles. The molecule has 3 aromatic rings. The minimum Gasteiger partial charge on any atom is -0.481 e. The van der Waals surface area contributed by atoms with Gasteiger partial charge < -0.3 is 5.11 Å². The summed E-state index contributed by atoms with van der Waals surface area (Å²) in [5.74, 6) is -0.801. The van der Waals surface area contributed by atoms with Crippen molar-refractivity contribution in [3.05, 3.63) is 101 Å². The Balaban J connectivity index is 1.65. The highest BCUT2D eigenvalue weighted by Crippen LogP contribution is 2.25. The number of nitrogens with zero attached hydrogens (tertiary/aromatic N) is 1. The lowest BCUT2D eigenvalue weighted by atomic mass is 9.96. The molecule has 0 aliphatic heterocycles. The Morgan fingerprint density at radius 1 is 0.970 bits per heavy atom. The molecular formula is C25H25ClN2O4S. The molecule has 8 heteroatoms. The first-order valence-electron chi connectivity index (χ1n) is 10.5. The number of aromatic nitrogens is 1. The summed E-state index contributed by atoms with van der Waals surface area (Å²) >= 11 is 5.82. The SMILES string of the molecule is O=C(O)CCC/C=C(\c1ccncc1)c1ccc(CCNS(=O)(=O)c2ccc(Cl)cc2)cc1. The number of hydrogen-bond acceptors (Lipinski definition) is 4. The monoisotopic (exact) mass is 484 g/mol. The highest BCUT2D eigenvalue weighted by molar-refractivity contribution is 7.89. The van der Waals surface area contributed by atoms with Crippen LogP contribution in [0.4, 0.5) is 0 Å². The van der Waals surface area contributed by atoms with Gasteiger partial charge in [-0.3, -0.25) is 9.78 Å². The van der Waals surface area contributed by atoms with Gasteiger partial charge in [0.25, 0.3) is 0 Å². The van der Waals surface area contributed by atoms with E-state index in [9.17, 15) is 13.2 Å². The quantitative estimate of drug-likeness (QED) is 0.376. The van der Waals surface area contributed by atoms with Crippen molar-refractivity contribution < 1.29 is 18.3 Å². The van der Waals surface area contributed by atoms with Crippen LogP contribution in [-0.2, 0) is 21.2 Å². The van der Waals surface area contributed by atoms with Crippen molar-refractivity contribution in [2.75, 3.05) is 6.54 Å². The Labute approximate surface area is 199 Å². The number of sulfonamides is 1. The molecule has 0 radical (unpaired) electrons. The van der Waals surface area contributed by atoms with E-state index in [1.54, 1.807) is 24.5 Å². The van der Waals surface area contributed by atoms with E-state index in [1.807, 2.05) is 42.5 Å². The van der Waals surface area contributed by atoms with Crippen LogP contribution in [0.15, 0.2) is 84.0 Å². The van der Waals surface area contributed by atoms with E-state index in [2.05, 4.69) is 9.71 Å². The van der Waals surface area contributed by atoms with Crippen LogP contribution in [0.5, 0.6) is 0 Å². The maximum absolute atomic E-state index is 12.4. The highest BCUT2D eigenvalue weighted by atomic mass is 35.5. The first kappa shape index (κ1) is 24.6. The number of pyridine rings is 1. The molecular weight excluding hydrogens is 460 g/mol. The highest BCUT2D eigenvalue weighted by Gasteiger charge is 2.13. The van der Waals surface area contributed by atoms with Gasteiger partial charge in [0.05, 0.1) is 4.90 Å². The number of carbonyl (C=O) groups is 1. The molecule has 1 aromatic heterocycles. The van der Waals surface area contributed by atoms with Crippen LogP contribution < -0.4 is 4.72 Å². The molecule has 3 rings (SSSR count). The number of rotatable bonds is 11. The molecule has 0 fully saturated rings. The normalized spacial score (nSPS) is 12.0. The molecule has 0 spiro atoms. The van der Waals surface area contributed by atoms with Gasteiger partial charge in [0.1, 0.15) is 0 Å². The minimum absolute atomic E-state index is 0.130. The van der Waals surface area contributed by atoms with Gasteiger partial charge in [0, 0.05) is 30.4 Å². The third-order valence-electron chi connectivity index (χ3n) is 5.03. The Kier molecular flexibility index (Phi) is 8.77. The number of unbranched alkanes of at least 4 members (excludes halogenated alkanes) is 1. The van der Waals surface area contributed by atoms with E-state index >= 15 is 0 Å². The fourth-order valence-corrected chi connectivity index (χ4v) is 4.47. The molecule has 0 aliphatic rings. The van der Waals surface area contributed by atoms with Gasteiger partial charge in [-0.2, -0.15) is 0 Å². The summed E-state index contributed by atoms with van der Waals surface area (Å²) in [6.45, 7) is 0.270. The topological polar surface area (TPSA) is 96.4 Å². The first-order valence-corrected chi connectivity index (χ1v) is 12.4. The van der Waals surface area contributed by atoms with Gasteiger partial charge in [-0.1, -0.05) is 41.9 Å². The van der Waals surface area contributed by atoms with E-state index < -0.39 is 16.0 Å². The van der Waals surface area contributed by atoms with Gasteiger partial charge in [-0.15, -0.1) is 0 Å². The number of carboxylic acid groups (broad SMARTS) is 1. The molecule has 0 bridgehead atoms. The van der Waals surface area contributed by atoms with Crippen LogP contribution in [0.3, 0.4) is 0 Å². The minimum atomic E-state index is -3.59. The van der Waals surface area contributed by atoms with Crippen molar-refractivity contribution >= 4 is 33.2 Å². The van der Waals surface area contributed by atoms with Crippen LogP contribution in [0.2, 0.25) is 5.02 Å². The molecule has 33 heavy (non-hydrogen) atoms. The van der Waals surface area contributed by atoms with Crippen LogP contribution in [-0.4, -0.2) is 31.0 Å². The van der Waals surface area contributed by atoms with Crippen LogP contribution in [0.1, 0.15) is 36.0 Å². The van der Waals surface area contributed by atoms with E-state index in [4.69, 9.17) is 16.7 Å². The third-order valence-corrected chi connectivity index (χ3v) is 6.76. The van der Waals surface area contributed by atoms with Crippen molar-refractivity contribution in [2.45, 2.75) is 30.6 Å². The second-order valence-corrected chi connectivity index (χ2v) is 9.64. The number of allylic oxidation sites excluding steroid dienone is 1. The largest absolute Gasteiger partial charge is 0.481 e. The average molecular weight is 485 g/mol. The van der Waals surface area contributed by atoms with Crippen LogP contribution in [0.25, 0.3) is 5.57 Å². The molecule has 0 atom stereocenters. The third kappa shape index (κ3) is 7.53. The van der Waals surface area contributed by atoms with Crippen molar-refractivity contribution in [3.8, 4) is 0 Å². The maximum atomic E-state index is 12.4. The smallest absolute Gasteiger partial charge is 0.303 e. The van der Waals surface area contributed by atoms with E-state index in [1.165, 1.54) is 12.1 Å². The Bertz CT molecular complexity index is 1190. The fraction of sp³-hybridized carbons (Fsp3) is 0.200. The lowest BCUT2D eigenvalue weighted by Crippen LogP contribution is -2.25. The summed E-state index contributed by atoms with van der Waals surface area (Å²) in [5.41, 5.74) is 4.01. The molecule has 0 amide bonds. The van der Waals surface area contributed by atoms with Crippen molar-refractivity contribution in [2.24, 2.45) is 0 Å². The number of carboxylic acids is 1. The van der Waals surface area contributed by atoms with Crippen LogP contribution in [0, 0.1) is 0 Å². The summed E-state index contributed by atoms with van der Waals surface area (Å²) in [4.78, 5) is 15.0. The summed E-state index contributed by atoms with van der Waals surface area (Å²) in [6, 6.07) is 17.8. The number of hydrogen-bond donors (Lipinski definition) is 2. The zero-order valence-electron chi connectivity index (χ0n) is 17.9. The lowest BCUT2D eigenvalue weighted by molar-refractivity contribution is -0.137. The maximum Gasteiger partial charge on any atom is 0.303 e. The second kappa shape index (κ2) is 11.7. The van der Waals surface area contributed by atoms with Crippen molar-refractivity contribution in [3.63, 3.8) is 0 Å². The van der Waals surface area contributed by atoms with Gasteiger partial charge in [0.15, 0.2) is 0 Å². The van der Waals surface area contributed by atoms with Crippen molar-refractivity contribution in [1.82, 2.24) is 9.71 Å². The van der Waals surface area contributed by atoms with Crippen LogP contribution >= 0.6 is 11.6 Å². The molecule has 0 aliphatic carbocycles. The molecule has 2 aromatic carbocycles. The van der Waals surface area contributed by atoms with Crippen molar-refractivity contribution in [1.29, 1.82) is 0 Å². The van der Waals surface area contributed by atoms with Gasteiger partial charge >= 0.3 is 5.97 Å². The molecule has 1 heterocycles. The van der Waals surface area contributed by atoms with Gasteiger partial charge in [-0.05, 0) is 77.9 Å². The second-order valence-electron chi connectivity index (χ2n) is 7.44. The number of halogens is 1. The van der Waals surface area contributed by atoms with Gasteiger partial charge in [-0.25, -0.2) is 13.1 Å². The number of aliphatic carboxylic acids is 1. The summed E-state index contributed by atoms with van der Waals surface area (Å²) < 4.78 is 27.4. The zero-order valence-corrected chi connectivity index (χ0v) is 19.5. The fourth-order valence-electron chi connectivity index (χ4n) is 3.31. The zero-order chi connectivity index (χ0) is 23.7. The first-order chi connectivity index (χ1) is 15.8. The summed E-state index contributed by atoms with van der Waals surface area (Å²) in [5, 5.41) is 9.35. The predicted octanol–water partition coefficient (Wildman–Crippen LogP) is 4.94. The lowest BCUT2D eigenvalue weighted by Gasteiger charge is -2.11. The molecule has 0 saturated carbocycles. The van der Waals surface area contributed by atoms with E-state index in [-0.39, 0.29) is 17.9 Å². The van der Waals surface area contributed by atoms with E-state index in [0.29, 0.717) is 24.3 Å². The Morgan fingerprint density at radius 3 is 2.24 bits per heavy atom. The molecule has 172 valence electrons. The van der Waals surface area contributed by atoms with Gasteiger partial charge in [0.2, 0.25) is 10.0 Å². The predicted molar refractivity (Wildman–Crippen MR) is 130 cm³/mol. The summed E-state index contributed by atoms with van der Waals surface area (Å²) in [6.07, 6.45) is 7.38. The number of benzene rings is 2. The average Bonchev–Trinajstić information content (AvgIpc) is 2.80.